The van der Waals surface area contributed by atoms with Crippen LogP contribution >= 0.6 is 0 Å². The topological polar surface area (TPSA) is 26.7 Å². The van der Waals surface area contributed by atoms with E-state index in [1.807, 2.05) is 0 Å². The number of hydrogen-bond donors (Lipinski definition) is 1. The second-order valence-corrected chi connectivity index (χ2v) is 6.29. The van der Waals surface area contributed by atoms with Crippen molar-refractivity contribution in [2.24, 2.45) is 0 Å². The number of nitrogens with zero attached hydrogens (tertiary/aromatic N) is 2. The first-order chi connectivity index (χ1) is 11.3. The van der Waals surface area contributed by atoms with Crippen molar-refractivity contribution in [2.45, 2.75) is 19.3 Å². The van der Waals surface area contributed by atoms with Crippen molar-refractivity contribution in [1.82, 2.24) is 4.90 Å². The highest BCUT2D eigenvalue weighted by atomic mass is 16.3. The average Bonchev–Trinajstić information content (AvgIpc) is 2.73. The van der Waals surface area contributed by atoms with Gasteiger partial charge in [0.2, 0.25) is 0 Å². The van der Waals surface area contributed by atoms with Gasteiger partial charge in [-0.15, -0.1) is 0 Å². The summed E-state index contributed by atoms with van der Waals surface area (Å²) in [6.07, 6.45) is 3.29. The third-order valence-corrected chi connectivity index (χ3v) is 4.63. The van der Waals surface area contributed by atoms with Crippen LogP contribution in [0.2, 0.25) is 0 Å². The quantitative estimate of drug-likeness (QED) is 0.887. The van der Waals surface area contributed by atoms with E-state index in [0.29, 0.717) is 0 Å². The van der Waals surface area contributed by atoms with Crippen LogP contribution in [0.4, 0.5) is 11.4 Å². The summed E-state index contributed by atoms with van der Waals surface area (Å²) in [5.41, 5.74) is 5.57. The molecule has 0 radical (unpaired) electrons. The Morgan fingerprint density at radius 1 is 0.913 bits per heavy atom. The Hall–Kier alpha value is -1.84. The number of para-hydroxylation sites is 2. The number of rotatable bonds is 6. The maximum atomic E-state index is 9.03. The van der Waals surface area contributed by atoms with Crippen LogP contribution < -0.4 is 4.90 Å². The van der Waals surface area contributed by atoms with Gasteiger partial charge in [-0.2, -0.15) is 0 Å². The van der Waals surface area contributed by atoms with E-state index in [-0.39, 0.29) is 6.61 Å². The lowest BCUT2D eigenvalue weighted by atomic mass is 10.0. The van der Waals surface area contributed by atoms with Crippen molar-refractivity contribution in [3.63, 3.8) is 0 Å². The van der Waals surface area contributed by atoms with Gasteiger partial charge in [-0.05, 0) is 56.1 Å². The van der Waals surface area contributed by atoms with Gasteiger partial charge in [-0.25, -0.2) is 0 Å². The van der Waals surface area contributed by atoms with Crippen molar-refractivity contribution >= 4 is 11.4 Å². The van der Waals surface area contributed by atoms with Gasteiger partial charge in [0.25, 0.3) is 0 Å². The molecule has 2 aromatic rings. The monoisotopic (exact) mass is 310 g/mol. The molecule has 3 rings (SSSR count). The Balaban J connectivity index is 1.82. The van der Waals surface area contributed by atoms with E-state index >= 15 is 0 Å². The summed E-state index contributed by atoms with van der Waals surface area (Å²) in [5.74, 6) is 0. The fourth-order valence-electron chi connectivity index (χ4n) is 3.39. The molecule has 0 fully saturated rings. The number of likely N-dealkylation sites (N-methyl/N-ethyl adjacent to an activating group) is 1. The van der Waals surface area contributed by atoms with Crippen molar-refractivity contribution in [3.05, 3.63) is 59.7 Å². The van der Waals surface area contributed by atoms with E-state index in [2.05, 4.69) is 65.4 Å². The van der Waals surface area contributed by atoms with Gasteiger partial charge in [0.05, 0.1) is 6.61 Å². The molecule has 0 saturated carbocycles. The molecule has 1 aliphatic heterocycles. The summed E-state index contributed by atoms with van der Waals surface area (Å²) in [6, 6.07) is 17.6. The number of benzene rings is 2. The van der Waals surface area contributed by atoms with E-state index in [1.54, 1.807) is 0 Å². The fraction of sp³-hybridized carbons (Fsp3) is 0.400. The SMILES string of the molecule is CN(CCO)CCCN1c2ccccc2CCc2ccccc21. The maximum Gasteiger partial charge on any atom is 0.0558 e. The summed E-state index contributed by atoms with van der Waals surface area (Å²) in [7, 11) is 2.07. The number of hydrogen-bond acceptors (Lipinski definition) is 3. The van der Waals surface area contributed by atoms with Crippen LogP contribution in [0.15, 0.2) is 48.5 Å². The normalized spacial score (nSPS) is 13.6. The minimum absolute atomic E-state index is 0.228. The molecule has 122 valence electrons. The molecule has 0 unspecified atom stereocenters. The summed E-state index contributed by atoms with van der Waals surface area (Å²) < 4.78 is 0. The molecule has 0 aliphatic carbocycles. The van der Waals surface area contributed by atoms with E-state index < -0.39 is 0 Å². The lowest BCUT2D eigenvalue weighted by molar-refractivity contribution is 0.221. The van der Waals surface area contributed by atoms with Crippen molar-refractivity contribution in [2.75, 3.05) is 38.2 Å². The lowest BCUT2D eigenvalue weighted by Gasteiger charge is -2.28. The Labute approximate surface area is 139 Å². The predicted molar refractivity (Wildman–Crippen MR) is 96.5 cm³/mol. The van der Waals surface area contributed by atoms with Crippen LogP contribution in [0, 0.1) is 0 Å². The molecule has 3 nitrogen and oxygen atoms in total. The minimum atomic E-state index is 0.228. The van der Waals surface area contributed by atoms with Crippen LogP contribution in [0.5, 0.6) is 0 Å². The number of aliphatic hydroxyl groups is 1. The number of anilines is 2. The largest absolute Gasteiger partial charge is 0.395 e. The molecule has 1 aliphatic rings. The molecule has 0 amide bonds. The van der Waals surface area contributed by atoms with Crippen LogP contribution in [0.25, 0.3) is 0 Å². The molecule has 23 heavy (non-hydrogen) atoms. The Morgan fingerprint density at radius 3 is 2.04 bits per heavy atom. The lowest BCUT2D eigenvalue weighted by Crippen LogP contribution is -2.27. The van der Waals surface area contributed by atoms with Gasteiger partial charge in [0, 0.05) is 24.5 Å². The van der Waals surface area contributed by atoms with Crippen LogP contribution in [-0.4, -0.2) is 43.3 Å². The third kappa shape index (κ3) is 3.74. The van der Waals surface area contributed by atoms with Crippen molar-refractivity contribution < 1.29 is 5.11 Å². The first-order valence-electron chi connectivity index (χ1n) is 8.52. The van der Waals surface area contributed by atoms with Gasteiger partial charge in [0.15, 0.2) is 0 Å². The first-order valence-corrected chi connectivity index (χ1v) is 8.52. The predicted octanol–water partition coefficient (Wildman–Crippen LogP) is 3.24. The summed E-state index contributed by atoms with van der Waals surface area (Å²) in [4.78, 5) is 4.67. The highest BCUT2D eigenvalue weighted by molar-refractivity contribution is 5.71. The second-order valence-electron chi connectivity index (χ2n) is 6.29. The number of aryl methyl sites for hydroxylation is 2. The highest BCUT2D eigenvalue weighted by Gasteiger charge is 2.19. The van der Waals surface area contributed by atoms with Crippen LogP contribution in [0.1, 0.15) is 17.5 Å². The zero-order valence-corrected chi connectivity index (χ0v) is 13.9. The zero-order valence-electron chi connectivity index (χ0n) is 13.9. The number of fused-ring (bicyclic) bond motifs is 2. The van der Waals surface area contributed by atoms with E-state index in [1.165, 1.54) is 22.5 Å². The molecule has 1 heterocycles. The molecule has 2 aromatic carbocycles. The number of aliphatic hydroxyl groups excluding tert-OH is 1. The highest BCUT2D eigenvalue weighted by Crippen LogP contribution is 2.35. The van der Waals surface area contributed by atoms with Gasteiger partial charge < -0.3 is 14.9 Å². The van der Waals surface area contributed by atoms with E-state index in [0.717, 1.165) is 38.9 Å². The molecule has 0 atom stereocenters. The third-order valence-electron chi connectivity index (χ3n) is 4.63. The fourth-order valence-corrected chi connectivity index (χ4v) is 3.39. The minimum Gasteiger partial charge on any atom is -0.395 e. The van der Waals surface area contributed by atoms with Gasteiger partial charge in [0.1, 0.15) is 0 Å². The Kier molecular flexibility index (Phi) is 5.31. The molecule has 0 aromatic heterocycles. The van der Waals surface area contributed by atoms with Crippen molar-refractivity contribution in [3.8, 4) is 0 Å². The van der Waals surface area contributed by atoms with E-state index in [4.69, 9.17) is 5.11 Å². The van der Waals surface area contributed by atoms with Gasteiger partial charge >= 0.3 is 0 Å². The smallest absolute Gasteiger partial charge is 0.0558 e. The molecule has 3 heteroatoms. The molecular formula is C20H26N2O. The molecular weight excluding hydrogens is 284 g/mol. The summed E-state index contributed by atoms with van der Waals surface area (Å²) in [6.45, 7) is 2.98. The van der Waals surface area contributed by atoms with Gasteiger partial charge in [-0.1, -0.05) is 36.4 Å². The molecule has 0 spiro atoms. The standard InChI is InChI=1S/C20H26N2O/c1-21(15-16-23)13-6-14-22-19-9-4-2-7-17(19)11-12-18-8-3-5-10-20(18)22/h2-5,7-10,23H,6,11-16H2,1H3. The average molecular weight is 310 g/mol. The molecule has 0 bridgehead atoms. The van der Waals surface area contributed by atoms with Gasteiger partial charge in [-0.3, -0.25) is 0 Å². The summed E-state index contributed by atoms with van der Waals surface area (Å²) in [5, 5.41) is 9.03. The van der Waals surface area contributed by atoms with Crippen LogP contribution in [-0.2, 0) is 12.8 Å². The second kappa shape index (κ2) is 7.62. The first kappa shape index (κ1) is 16.0. The van der Waals surface area contributed by atoms with Crippen molar-refractivity contribution in [1.29, 1.82) is 0 Å². The summed E-state index contributed by atoms with van der Waals surface area (Å²) >= 11 is 0. The molecule has 1 N–H and O–H groups in total. The Morgan fingerprint density at radius 2 is 1.48 bits per heavy atom. The molecule has 0 saturated heterocycles. The maximum absolute atomic E-state index is 9.03. The Bertz CT molecular complexity index is 594. The van der Waals surface area contributed by atoms with E-state index in [9.17, 15) is 0 Å². The zero-order chi connectivity index (χ0) is 16.1. The van der Waals surface area contributed by atoms with Crippen LogP contribution in [0.3, 0.4) is 0 Å².